The fourth-order valence-electron chi connectivity index (χ4n) is 1.84. The summed E-state index contributed by atoms with van der Waals surface area (Å²) in [6.07, 6.45) is 0. The van der Waals surface area contributed by atoms with Crippen LogP contribution in [0.2, 0.25) is 0 Å². The van der Waals surface area contributed by atoms with Crippen LogP contribution in [0.15, 0.2) is 42.5 Å². The minimum absolute atomic E-state index is 0.370. The molecule has 4 nitrogen and oxygen atoms in total. The number of methoxy groups -OCH3 is 2. The number of carbonyl (C=O) groups is 1. The molecule has 0 spiro atoms. The first-order valence-electron chi connectivity index (χ1n) is 5.78. The van der Waals surface area contributed by atoms with Gasteiger partial charge in [-0.3, -0.25) is 0 Å². The Morgan fingerprint density at radius 1 is 1.05 bits per heavy atom. The van der Waals surface area contributed by atoms with Gasteiger partial charge in [-0.25, -0.2) is 4.79 Å². The van der Waals surface area contributed by atoms with Crippen LogP contribution in [0.4, 0.5) is 5.69 Å². The number of esters is 1. The second kappa shape index (κ2) is 5.44. The standard InChI is InChI=1S/C15H15NO3/c1-18-12-5-3-4-10(8-12)11-6-7-13(14(16)9-11)15(17)19-2/h3-9H,16H2,1-2H3. The number of carbonyl (C=O) groups excluding carboxylic acids is 1. The quantitative estimate of drug-likeness (QED) is 0.678. The fraction of sp³-hybridized carbons (Fsp3) is 0.133. The molecule has 0 aliphatic rings. The summed E-state index contributed by atoms with van der Waals surface area (Å²) in [6.45, 7) is 0. The van der Waals surface area contributed by atoms with Gasteiger partial charge in [0.05, 0.1) is 19.8 Å². The second-order valence-corrected chi connectivity index (χ2v) is 4.03. The summed E-state index contributed by atoms with van der Waals surface area (Å²) in [7, 11) is 2.95. The van der Waals surface area contributed by atoms with Gasteiger partial charge in [0, 0.05) is 5.69 Å². The lowest BCUT2D eigenvalue weighted by molar-refractivity contribution is 0.0602. The van der Waals surface area contributed by atoms with E-state index in [1.54, 1.807) is 19.2 Å². The smallest absolute Gasteiger partial charge is 0.339 e. The van der Waals surface area contributed by atoms with E-state index in [9.17, 15) is 4.79 Å². The van der Waals surface area contributed by atoms with Crippen molar-refractivity contribution in [3.8, 4) is 16.9 Å². The van der Waals surface area contributed by atoms with E-state index in [0.29, 0.717) is 11.3 Å². The number of ether oxygens (including phenoxy) is 2. The molecule has 0 bridgehead atoms. The topological polar surface area (TPSA) is 61.5 Å². The van der Waals surface area contributed by atoms with Gasteiger partial charge in [-0.2, -0.15) is 0 Å². The first kappa shape index (κ1) is 13.0. The van der Waals surface area contributed by atoms with Crippen molar-refractivity contribution in [1.82, 2.24) is 0 Å². The van der Waals surface area contributed by atoms with E-state index in [1.807, 2.05) is 30.3 Å². The van der Waals surface area contributed by atoms with Gasteiger partial charge in [0.15, 0.2) is 0 Å². The van der Waals surface area contributed by atoms with Crippen LogP contribution < -0.4 is 10.5 Å². The van der Waals surface area contributed by atoms with Crippen LogP contribution >= 0.6 is 0 Å². The summed E-state index contributed by atoms with van der Waals surface area (Å²) in [6, 6.07) is 12.9. The summed E-state index contributed by atoms with van der Waals surface area (Å²) in [5, 5.41) is 0. The molecule has 0 radical (unpaired) electrons. The largest absolute Gasteiger partial charge is 0.497 e. The van der Waals surface area contributed by atoms with Gasteiger partial charge in [-0.05, 0) is 35.4 Å². The molecule has 19 heavy (non-hydrogen) atoms. The zero-order valence-electron chi connectivity index (χ0n) is 10.8. The highest BCUT2D eigenvalue weighted by molar-refractivity contribution is 5.96. The SMILES string of the molecule is COC(=O)c1ccc(-c2cccc(OC)c2)cc1N. The maximum absolute atomic E-state index is 11.5. The van der Waals surface area contributed by atoms with Gasteiger partial charge in [0.2, 0.25) is 0 Å². The van der Waals surface area contributed by atoms with E-state index < -0.39 is 5.97 Å². The molecule has 0 heterocycles. The van der Waals surface area contributed by atoms with Crippen molar-refractivity contribution >= 4 is 11.7 Å². The molecule has 0 amide bonds. The molecule has 2 N–H and O–H groups in total. The Morgan fingerprint density at radius 3 is 2.42 bits per heavy atom. The zero-order chi connectivity index (χ0) is 13.8. The van der Waals surface area contributed by atoms with Gasteiger partial charge < -0.3 is 15.2 Å². The van der Waals surface area contributed by atoms with Crippen molar-refractivity contribution in [2.45, 2.75) is 0 Å². The molecule has 0 saturated carbocycles. The van der Waals surface area contributed by atoms with Crippen molar-refractivity contribution in [3.05, 3.63) is 48.0 Å². The zero-order valence-corrected chi connectivity index (χ0v) is 10.8. The number of hydrogen-bond donors (Lipinski definition) is 1. The number of nitrogens with two attached hydrogens (primary N) is 1. The Morgan fingerprint density at radius 2 is 1.79 bits per heavy atom. The molecular weight excluding hydrogens is 242 g/mol. The Labute approximate surface area is 111 Å². The lowest BCUT2D eigenvalue weighted by Gasteiger charge is -2.08. The van der Waals surface area contributed by atoms with Crippen LogP contribution in [0.5, 0.6) is 5.75 Å². The maximum Gasteiger partial charge on any atom is 0.339 e. The van der Waals surface area contributed by atoms with E-state index in [1.165, 1.54) is 7.11 Å². The van der Waals surface area contributed by atoms with Gasteiger partial charge in [0.1, 0.15) is 5.75 Å². The molecule has 2 rings (SSSR count). The Balaban J connectivity index is 2.41. The molecule has 0 aromatic heterocycles. The third-order valence-electron chi connectivity index (χ3n) is 2.86. The van der Waals surface area contributed by atoms with Gasteiger partial charge in [0.25, 0.3) is 0 Å². The van der Waals surface area contributed by atoms with E-state index in [4.69, 9.17) is 10.5 Å². The van der Waals surface area contributed by atoms with E-state index in [2.05, 4.69) is 4.74 Å². The molecule has 0 unspecified atom stereocenters. The molecule has 0 aliphatic carbocycles. The predicted octanol–water partition coefficient (Wildman–Crippen LogP) is 2.73. The number of nitrogen functional groups attached to an aromatic ring is 1. The summed E-state index contributed by atoms with van der Waals surface area (Å²) in [5.74, 6) is 0.336. The molecule has 2 aromatic carbocycles. The maximum atomic E-state index is 11.5. The molecule has 98 valence electrons. The highest BCUT2D eigenvalue weighted by Crippen LogP contribution is 2.27. The molecule has 0 fully saturated rings. The Bertz CT molecular complexity index is 608. The van der Waals surface area contributed by atoms with Gasteiger partial charge in [-0.1, -0.05) is 18.2 Å². The highest BCUT2D eigenvalue weighted by atomic mass is 16.5. The van der Waals surface area contributed by atoms with Crippen molar-refractivity contribution in [3.63, 3.8) is 0 Å². The van der Waals surface area contributed by atoms with Crippen molar-refractivity contribution < 1.29 is 14.3 Å². The monoisotopic (exact) mass is 257 g/mol. The molecule has 4 heteroatoms. The van der Waals surface area contributed by atoms with Gasteiger partial charge in [-0.15, -0.1) is 0 Å². The Kier molecular flexibility index (Phi) is 3.71. The van der Waals surface area contributed by atoms with Crippen LogP contribution in [0.3, 0.4) is 0 Å². The summed E-state index contributed by atoms with van der Waals surface area (Å²) < 4.78 is 9.84. The predicted molar refractivity (Wildman–Crippen MR) is 74.2 cm³/mol. The van der Waals surface area contributed by atoms with E-state index in [0.717, 1.165) is 16.9 Å². The molecule has 0 atom stereocenters. The third-order valence-corrected chi connectivity index (χ3v) is 2.86. The van der Waals surface area contributed by atoms with Crippen molar-refractivity contribution in [2.75, 3.05) is 20.0 Å². The second-order valence-electron chi connectivity index (χ2n) is 4.03. The van der Waals surface area contributed by atoms with E-state index in [-0.39, 0.29) is 0 Å². The molecule has 2 aromatic rings. The van der Waals surface area contributed by atoms with Crippen LogP contribution in [-0.4, -0.2) is 20.2 Å². The van der Waals surface area contributed by atoms with E-state index >= 15 is 0 Å². The van der Waals surface area contributed by atoms with Crippen LogP contribution in [0.1, 0.15) is 10.4 Å². The molecule has 0 saturated heterocycles. The van der Waals surface area contributed by atoms with Crippen molar-refractivity contribution in [2.24, 2.45) is 0 Å². The fourth-order valence-corrected chi connectivity index (χ4v) is 1.84. The molecule has 0 aliphatic heterocycles. The number of rotatable bonds is 3. The molecular formula is C15H15NO3. The lowest BCUT2D eigenvalue weighted by atomic mass is 10.0. The number of anilines is 1. The minimum atomic E-state index is -0.435. The first-order valence-corrected chi connectivity index (χ1v) is 5.78. The summed E-state index contributed by atoms with van der Waals surface area (Å²) in [5.41, 5.74) is 8.53. The average molecular weight is 257 g/mol. The normalized spacial score (nSPS) is 10.0. The minimum Gasteiger partial charge on any atom is -0.497 e. The van der Waals surface area contributed by atoms with Crippen molar-refractivity contribution in [1.29, 1.82) is 0 Å². The van der Waals surface area contributed by atoms with Crippen LogP contribution in [0, 0.1) is 0 Å². The first-order chi connectivity index (χ1) is 9.15. The number of hydrogen-bond acceptors (Lipinski definition) is 4. The number of benzene rings is 2. The average Bonchev–Trinajstić information content (AvgIpc) is 2.46. The van der Waals surface area contributed by atoms with Crippen LogP contribution in [0.25, 0.3) is 11.1 Å². The lowest BCUT2D eigenvalue weighted by Crippen LogP contribution is -2.05. The van der Waals surface area contributed by atoms with Gasteiger partial charge >= 0.3 is 5.97 Å². The highest BCUT2D eigenvalue weighted by Gasteiger charge is 2.10. The Hall–Kier alpha value is -2.49. The third kappa shape index (κ3) is 2.68. The summed E-state index contributed by atoms with van der Waals surface area (Å²) >= 11 is 0. The summed E-state index contributed by atoms with van der Waals surface area (Å²) in [4.78, 5) is 11.5. The van der Waals surface area contributed by atoms with Crippen LogP contribution in [-0.2, 0) is 4.74 Å².